The van der Waals surface area contributed by atoms with Crippen LogP contribution in [0.3, 0.4) is 0 Å². The van der Waals surface area contributed by atoms with Crippen molar-refractivity contribution in [2.75, 3.05) is 0 Å². The zero-order chi connectivity index (χ0) is 15.0. The third-order valence-corrected chi connectivity index (χ3v) is 3.49. The lowest BCUT2D eigenvalue weighted by Gasteiger charge is -2.21. The number of carbonyl (C=O) groups excluding carboxylic acids is 2. The van der Waals surface area contributed by atoms with Crippen LogP contribution in [-0.4, -0.2) is 26.8 Å². The number of amides is 2. The van der Waals surface area contributed by atoms with Crippen molar-refractivity contribution in [3.8, 4) is 0 Å². The average molecular weight is 324 g/mol. The second-order valence-corrected chi connectivity index (χ2v) is 4.86. The number of imide groups is 1. The molecule has 1 saturated heterocycles. The number of rotatable bonds is 2. The van der Waals surface area contributed by atoms with Crippen molar-refractivity contribution in [2.24, 2.45) is 5.73 Å². The van der Waals surface area contributed by atoms with E-state index in [2.05, 4.69) is 15.6 Å². The van der Waals surface area contributed by atoms with Gasteiger partial charge in [0.25, 0.3) is 11.5 Å². The molecule has 1 unspecified atom stereocenters. The number of fused-ring (bicyclic) bond motifs is 1. The van der Waals surface area contributed by atoms with E-state index in [4.69, 9.17) is 5.73 Å². The predicted octanol–water partition coefficient (Wildman–Crippen LogP) is -0.350. The van der Waals surface area contributed by atoms with Gasteiger partial charge in [0.1, 0.15) is 11.6 Å². The Hall–Kier alpha value is -2.32. The molecule has 9 heteroatoms. The first kappa shape index (κ1) is 16.1. The van der Waals surface area contributed by atoms with Gasteiger partial charge in [0.05, 0.1) is 5.39 Å². The average Bonchev–Trinajstić information content (AvgIpc) is 2.48. The predicted molar refractivity (Wildman–Crippen MR) is 80.4 cm³/mol. The minimum absolute atomic E-state index is 0. The van der Waals surface area contributed by atoms with Crippen LogP contribution < -0.4 is 16.6 Å². The van der Waals surface area contributed by atoms with Gasteiger partial charge in [0.2, 0.25) is 5.91 Å². The molecule has 0 bridgehead atoms. The maximum absolute atomic E-state index is 12.4. The lowest BCUT2D eigenvalue weighted by atomic mass is 10.1. The number of nitrogens with two attached hydrogens (primary N) is 1. The summed E-state index contributed by atoms with van der Waals surface area (Å²) < 4.78 is 1.03. The maximum Gasteiger partial charge on any atom is 0.278 e. The summed E-state index contributed by atoms with van der Waals surface area (Å²) in [5.41, 5.74) is 6.42. The van der Waals surface area contributed by atoms with Crippen molar-refractivity contribution >= 4 is 35.1 Å². The first-order chi connectivity index (χ1) is 10.1. The minimum Gasteiger partial charge on any atom is -0.326 e. The van der Waals surface area contributed by atoms with E-state index in [0.717, 1.165) is 10.2 Å². The molecule has 1 atom stereocenters. The van der Waals surface area contributed by atoms with E-state index in [1.54, 1.807) is 18.2 Å². The number of halogens is 1. The zero-order valence-corrected chi connectivity index (χ0v) is 12.3. The van der Waals surface area contributed by atoms with E-state index in [1.807, 2.05) is 0 Å². The molecule has 1 fully saturated rings. The van der Waals surface area contributed by atoms with Crippen LogP contribution in [0.4, 0.5) is 0 Å². The van der Waals surface area contributed by atoms with Crippen LogP contribution in [0, 0.1) is 0 Å². The van der Waals surface area contributed by atoms with Crippen molar-refractivity contribution in [1.82, 2.24) is 20.3 Å². The summed E-state index contributed by atoms with van der Waals surface area (Å²) in [7, 11) is 0. The molecule has 0 spiro atoms. The number of aromatic nitrogens is 3. The van der Waals surface area contributed by atoms with E-state index >= 15 is 0 Å². The van der Waals surface area contributed by atoms with Crippen molar-refractivity contribution < 1.29 is 9.59 Å². The van der Waals surface area contributed by atoms with Crippen molar-refractivity contribution in [1.29, 1.82) is 0 Å². The van der Waals surface area contributed by atoms with E-state index in [-0.39, 0.29) is 31.2 Å². The second kappa shape index (κ2) is 6.20. The highest BCUT2D eigenvalue weighted by atomic mass is 35.5. The van der Waals surface area contributed by atoms with Crippen LogP contribution >= 0.6 is 12.4 Å². The lowest BCUT2D eigenvalue weighted by Crippen LogP contribution is -2.45. The lowest BCUT2D eigenvalue weighted by molar-refractivity contribution is -0.136. The normalized spacial score (nSPS) is 18.0. The second-order valence-electron chi connectivity index (χ2n) is 4.86. The van der Waals surface area contributed by atoms with Gasteiger partial charge in [-0.1, -0.05) is 11.3 Å². The van der Waals surface area contributed by atoms with Crippen LogP contribution in [0.2, 0.25) is 0 Å². The number of nitrogens with one attached hydrogen (secondary N) is 1. The first-order valence-corrected chi connectivity index (χ1v) is 6.52. The largest absolute Gasteiger partial charge is 0.326 e. The number of hydrogen-bond donors (Lipinski definition) is 2. The van der Waals surface area contributed by atoms with Crippen molar-refractivity contribution in [3.63, 3.8) is 0 Å². The van der Waals surface area contributed by atoms with Gasteiger partial charge >= 0.3 is 0 Å². The Labute approximate surface area is 131 Å². The fourth-order valence-electron chi connectivity index (χ4n) is 2.35. The summed E-state index contributed by atoms with van der Waals surface area (Å²) in [5.74, 6) is -0.869. The van der Waals surface area contributed by atoms with E-state index in [1.165, 1.54) is 0 Å². The molecule has 0 saturated carbocycles. The number of benzene rings is 1. The van der Waals surface area contributed by atoms with Gasteiger partial charge in [-0.15, -0.1) is 17.5 Å². The Bertz CT molecular complexity index is 804. The molecule has 8 nitrogen and oxygen atoms in total. The molecule has 3 N–H and O–H groups in total. The third kappa shape index (κ3) is 2.70. The molecular formula is C13H14ClN5O3. The van der Waals surface area contributed by atoms with Gasteiger partial charge in [0, 0.05) is 13.0 Å². The van der Waals surface area contributed by atoms with E-state index in [9.17, 15) is 14.4 Å². The number of nitrogens with zero attached hydrogens (tertiary/aromatic N) is 3. The van der Waals surface area contributed by atoms with Gasteiger partial charge in [-0.3, -0.25) is 19.7 Å². The summed E-state index contributed by atoms with van der Waals surface area (Å²) in [6.07, 6.45) is 0.417. The Kier molecular flexibility index (Phi) is 4.53. The van der Waals surface area contributed by atoms with Gasteiger partial charge in [-0.05, 0) is 24.1 Å². The smallest absolute Gasteiger partial charge is 0.278 e. The van der Waals surface area contributed by atoms with Gasteiger partial charge in [-0.25, -0.2) is 0 Å². The quantitative estimate of drug-likeness (QED) is 0.729. The van der Waals surface area contributed by atoms with E-state index in [0.29, 0.717) is 17.4 Å². The fraction of sp³-hybridized carbons (Fsp3) is 0.308. The maximum atomic E-state index is 12.4. The molecule has 2 aromatic rings. The van der Waals surface area contributed by atoms with Gasteiger partial charge in [-0.2, -0.15) is 4.68 Å². The molecule has 116 valence electrons. The molecule has 22 heavy (non-hydrogen) atoms. The van der Waals surface area contributed by atoms with Crippen molar-refractivity contribution in [2.45, 2.75) is 25.4 Å². The summed E-state index contributed by atoms with van der Waals surface area (Å²) in [5, 5.41) is 10.4. The van der Waals surface area contributed by atoms with Crippen LogP contribution in [0.15, 0.2) is 23.0 Å². The minimum atomic E-state index is -0.804. The highest BCUT2D eigenvalue weighted by molar-refractivity contribution is 5.99. The molecule has 0 aliphatic carbocycles. The Morgan fingerprint density at radius 2 is 2.09 bits per heavy atom. The summed E-state index contributed by atoms with van der Waals surface area (Å²) in [4.78, 5) is 35.4. The Morgan fingerprint density at radius 3 is 2.77 bits per heavy atom. The zero-order valence-electron chi connectivity index (χ0n) is 11.5. The molecular weight excluding hydrogens is 310 g/mol. The highest BCUT2D eigenvalue weighted by Crippen LogP contribution is 2.16. The third-order valence-electron chi connectivity index (χ3n) is 3.49. The van der Waals surface area contributed by atoms with Gasteiger partial charge < -0.3 is 5.73 Å². The fourth-order valence-corrected chi connectivity index (χ4v) is 2.35. The standard InChI is InChI=1S/C13H13N5O3.ClH/c14-6-7-1-2-8-9(5-7)16-17-18(13(8)21)10-3-4-11(19)15-12(10)20;/h1-2,5,10H,3-4,6,14H2,(H,15,19,20);1H. The molecule has 1 aromatic carbocycles. The Morgan fingerprint density at radius 1 is 1.32 bits per heavy atom. The molecule has 1 aliphatic rings. The SMILES string of the molecule is Cl.NCc1ccc2c(=O)n(C3CCC(=O)NC3=O)nnc2c1. The Balaban J connectivity index is 0.00000176. The molecule has 3 rings (SSSR count). The molecule has 2 amide bonds. The monoisotopic (exact) mass is 323 g/mol. The highest BCUT2D eigenvalue weighted by Gasteiger charge is 2.30. The van der Waals surface area contributed by atoms with Crippen LogP contribution in [0.5, 0.6) is 0 Å². The number of piperidine rings is 1. The molecule has 2 heterocycles. The molecule has 1 aromatic heterocycles. The summed E-state index contributed by atoms with van der Waals surface area (Å²) in [6, 6.07) is 4.25. The van der Waals surface area contributed by atoms with Crippen LogP contribution in [-0.2, 0) is 16.1 Å². The topological polar surface area (TPSA) is 120 Å². The van der Waals surface area contributed by atoms with Gasteiger partial charge in [0.15, 0.2) is 0 Å². The summed E-state index contributed by atoms with van der Waals surface area (Å²) in [6.45, 7) is 0.341. The molecule has 1 aliphatic heterocycles. The van der Waals surface area contributed by atoms with E-state index < -0.39 is 17.5 Å². The molecule has 0 radical (unpaired) electrons. The first-order valence-electron chi connectivity index (χ1n) is 6.52. The number of carbonyl (C=O) groups is 2. The summed E-state index contributed by atoms with van der Waals surface area (Å²) >= 11 is 0. The van der Waals surface area contributed by atoms with Crippen molar-refractivity contribution in [3.05, 3.63) is 34.1 Å². The van der Waals surface area contributed by atoms with Crippen LogP contribution in [0.1, 0.15) is 24.4 Å². The number of hydrogen-bond acceptors (Lipinski definition) is 6. The van der Waals surface area contributed by atoms with Crippen LogP contribution in [0.25, 0.3) is 10.9 Å².